The van der Waals surface area contributed by atoms with Crippen LogP contribution in [0.2, 0.25) is 0 Å². The van der Waals surface area contributed by atoms with Crippen LogP contribution < -0.4 is 10.1 Å². The highest BCUT2D eigenvalue weighted by molar-refractivity contribution is 7.88. The van der Waals surface area contributed by atoms with Gasteiger partial charge in [-0.15, -0.1) is 11.3 Å². The Balaban J connectivity index is 1.64. The number of hydrogen-bond acceptors (Lipinski definition) is 7. The van der Waals surface area contributed by atoms with E-state index in [1.165, 1.54) is 39.8 Å². The minimum Gasteiger partial charge on any atom is -0.487 e. The molecule has 1 atom stereocenters. The third-order valence-electron chi connectivity index (χ3n) is 5.55. The van der Waals surface area contributed by atoms with Gasteiger partial charge in [-0.2, -0.15) is 4.31 Å². The number of benzene rings is 1. The molecular weight excluding hydrogens is 457 g/mol. The molecule has 32 heavy (non-hydrogen) atoms. The van der Waals surface area contributed by atoms with E-state index < -0.39 is 28.0 Å². The van der Waals surface area contributed by atoms with Crippen molar-refractivity contribution < 1.29 is 27.1 Å². The van der Waals surface area contributed by atoms with Crippen LogP contribution in [0.3, 0.4) is 0 Å². The highest BCUT2D eigenvalue weighted by atomic mass is 32.2. The maximum Gasteiger partial charge on any atom is 0.414 e. The van der Waals surface area contributed by atoms with Gasteiger partial charge >= 0.3 is 6.09 Å². The molecule has 1 amide bonds. The van der Waals surface area contributed by atoms with Gasteiger partial charge in [0.25, 0.3) is 0 Å². The lowest BCUT2D eigenvalue weighted by Gasteiger charge is -2.30. The normalized spacial score (nSPS) is 19.1. The van der Waals surface area contributed by atoms with Gasteiger partial charge in [-0.25, -0.2) is 17.6 Å². The first-order valence-corrected chi connectivity index (χ1v) is 12.7. The third kappa shape index (κ3) is 4.45. The van der Waals surface area contributed by atoms with E-state index >= 15 is 0 Å². The van der Waals surface area contributed by atoms with Crippen LogP contribution in [0.25, 0.3) is 5.70 Å². The number of amides is 1. The first kappa shape index (κ1) is 22.6. The number of fused-ring (bicyclic) bond motifs is 1. The molecule has 1 aromatic heterocycles. The molecule has 0 spiro atoms. The van der Waals surface area contributed by atoms with E-state index in [0.717, 1.165) is 16.7 Å². The average Bonchev–Trinajstić information content (AvgIpc) is 3.40. The molecule has 2 aromatic rings. The van der Waals surface area contributed by atoms with Crippen LogP contribution in [0.4, 0.5) is 14.9 Å². The van der Waals surface area contributed by atoms with Gasteiger partial charge in [0.1, 0.15) is 17.7 Å². The Morgan fingerprint density at radius 3 is 2.78 bits per heavy atom. The Morgan fingerprint density at radius 2 is 2.09 bits per heavy atom. The van der Waals surface area contributed by atoms with Crippen LogP contribution in [-0.2, 0) is 21.3 Å². The number of nitrogens with zero attached hydrogens (tertiary/aromatic N) is 2. The van der Waals surface area contributed by atoms with Crippen molar-refractivity contribution >= 4 is 38.8 Å². The van der Waals surface area contributed by atoms with Crippen molar-refractivity contribution in [3.05, 3.63) is 51.6 Å². The van der Waals surface area contributed by atoms with Gasteiger partial charge in [0, 0.05) is 28.7 Å². The van der Waals surface area contributed by atoms with E-state index in [2.05, 4.69) is 5.32 Å². The van der Waals surface area contributed by atoms with E-state index in [1.54, 1.807) is 6.07 Å². The number of hydrogen-bond donors (Lipinski definition) is 1. The summed E-state index contributed by atoms with van der Waals surface area (Å²) in [4.78, 5) is 14.8. The molecule has 1 unspecified atom stereocenters. The molecular formula is C21H24FN3O5S2. The summed E-state index contributed by atoms with van der Waals surface area (Å²) in [5.41, 5.74) is 2.83. The molecule has 0 aliphatic carbocycles. The summed E-state index contributed by atoms with van der Waals surface area (Å²) in [7, 11) is -1.98. The van der Waals surface area contributed by atoms with Crippen molar-refractivity contribution in [3.63, 3.8) is 0 Å². The smallest absolute Gasteiger partial charge is 0.414 e. The van der Waals surface area contributed by atoms with Crippen molar-refractivity contribution in [2.24, 2.45) is 0 Å². The number of methoxy groups -OCH3 is 1. The van der Waals surface area contributed by atoms with Crippen molar-refractivity contribution in [1.29, 1.82) is 0 Å². The predicted octanol–water partition coefficient (Wildman–Crippen LogP) is 3.68. The van der Waals surface area contributed by atoms with Gasteiger partial charge in [0.15, 0.2) is 0 Å². The molecule has 1 saturated heterocycles. The van der Waals surface area contributed by atoms with Crippen molar-refractivity contribution in [2.75, 3.05) is 31.8 Å². The Bertz CT molecular complexity index is 1180. The molecule has 0 saturated carbocycles. The largest absolute Gasteiger partial charge is 0.487 e. The van der Waals surface area contributed by atoms with Crippen LogP contribution in [-0.4, -0.2) is 56.3 Å². The third-order valence-corrected chi connectivity index (χ3v) is 7.73. The number of thiophene rings is 1. The summed E-state index contributed by atoms with van der Waals surface area (Å²) in [6.07, 6.45) is 0.809. The molecule has 0 radical (unpaired) electrons. The fourth-order valence-corrected chi connectivity index (χ4v) is 5.60. The lowest BCUT2D eigenvalue weighted by molar-refractivity contribution is 0.133. The average molecular weight is 482 g/mol. The number of ether oxygens (including phenoxy) is 2. The van der Waals surface area contributed by atoms with Gasteiger partial charge in [-0.1, -0.05) is 0 Å². The second kappa shape index (κ2) is 8.72. The molecule has 2 aliphatic heterocycles. The number of nitrogens with one attached hydrogen (secondary N) is 1. The van der Waals surface area contributed by atoms with Gasteiger partial charge in [0.2, 0.25) is 10.0 Å². The first-order valence-electron chi connectivity index (χ1n) is 9.99. The number of rotatable bonds is 5. The molecule has 8 nitrogen and oxygen atoms in total. The van der Waals surface area contributed by atoms with E-state index in [-0.39, 0.29) is 12.3 Å². The lowest BCUT2D eigenvalue weighted by Crippen LogP contribution is -2.33. The van der Waals surface area contributed by atoms with Crippen molar-refractivity contribution in [3.8, 4) is 5.75 Å². The Labute approximate surface area is 190 Å². The summed E-state index contributed by atoms with van der Waals surface area (Å²) < 4.78 is 49.9. The fraction of sp³-hybridized carbons (Fsp3) is 0.381. The number of sulfonamides is 1. The van der Waals surface area contributed by atoms with E-state index in [9.17, 15) is 17.6 Å². The van der Waals surface area contributed by atoms with Gasteiger partial charge in [-0.05, 0) is 36.9 Å². The highest BCUT2D eigenvalue weighted by Crippen LogP contribution is 2.38. The zero-order chi connectivity index (χ0) is 23.0. The minimum absolute atomic E-state index is 0.210. The number of allylic oxidation sites excluding steroid dienone is 1. The van der Waals surface area contributed by atoms with E-state index in [1.807, 2.05) is 18.4 Å². The summed E-state index contributed by atoms with van der Waals surface area (Å²) in [5.74, 6) is -0.192. The second-order valence-electron chi connectivity index (χ2n) is 7.69. The Hall–Kier alpha value is -2.63. The van der Waals surface area contributed by atoms with Gasteiger partial charge in [0.05, 0.1) is 37.8 Å². The number of halogens is 1. The van der Waals surface area contributed by atoms with E-state index in [0.29, 0.717) is 36.6 Å². The minimum atomic E-state index is -3.31. The topological polar surface area (TPSA) is 88.2 Å². The van der Waals surface area contributed by atoms with Crippen LogP contribution in [0, 0.1) is 5.82 Å². The standard InChI is InChI=1S/C21H24FN3O5S2/c1-13-20(16-7-9-31-19(16)12-25(13)21(26)29-2)23-17-5-4-14(22)10-18(17)30-15-6-8-24(11-15)32(3,27)28/h4-5,7,9-10,15,23H,6,8,11-12H2,1-3H3. The Morgan fingerprint density at radius 1 is 1.31 bits per heavy atom. The molecule has 1 N–H and O–H groups in total. The van der Waals surface area contributed by atoms with Crippen LogP contribution in [0.15, 0.2) is 35.3 Å². The maximum absolute atomic E-state index is 14.1. The van der Waals surface area contributed by atoms with Gasteiger partial charge < -0.3 is 14.8 Å². The zero-order valence-electron chi connectivity index (χ0n) is 17.9. The van der Waals surface area contributed by atoms with E-state index in [4.69, 9.17) is 9.47 Å². The van der Waals surface area contributed by atoms with Crippen LogP contribution in [0.5, 0.6) is 5.75 Å². The summed E-state index contributed by atoms with van der Waals surface area (Å²) in [6.45, 7) is 2.79. The first-order chi connectivity index (χ1) is 15.2. The monoisotopic (exact) mass is 481 g/mol. The van der Waals surface area contributed by atoms with Crippen LogP contribution >= 0.6 is 11.3 Å². The summed E-state index contributed by atoms with van der Waals surface area (Å²) in [5, 5.41) is 5.25. The number of anilines is 1. The lowest BCUT2D eigenvalue weighted by atomic mass is 10.1. The molecule has 11 heteroatoms. The molecule has 4 rings (SSSR count). The SMILES string of the molecule is COC(=O)N1Cc2sccc2C(Nc2ccc(F)cc2OC2CCN(S(C)(=O)=O)C2)=C1C. The summed E-state index contributed by atoms with van der Waals surface area (Å²) in [6, 6.07) is 6.12. The molecule has 2 aliphatic rings. The van der Waals surface area contributed by atoms with Crippen molar-refractivity contribution in [1.82, 2.24) is 9.21 Å². The number of carbonyl (C=O) groups excluding carboxylic acids is 1. The molecule has 0 bridgehead atoms. The molecule has 1 aromatic carbocycles. The molecule has 172 valence electrons. The summed E-state index contributed by atoms with van der Waals surface area (Å²) >= 11 is 1.53. The zero-order valence-corrected chi connectivity index (χ0v) is 19.6. The van der Waals surface area contributed by atoms with Gasteiger partial charge in [-0.3, -0.25) is 4.90 Å². The number of carbonyl (C=O) groups is 1. The predicted molar refractivity (Wildman–Crippen MR) is 120 cm³/mol. The molecule has 1 fully saturated rings. The quantitative estimate of drug-likeness (QED) is 0.701. The van der Waals surface area contributed by atoms with Crippen molar-refractivity contribution in [2.45, 2.75) is 26.0 Å². The molecule has 3 heterocycles. The highest BCUT2D eigenvalue weighted by Gasteiger charge is 2.31. The Kier molecular flexibility index (Phi) is 6.15. The second-order valence-corrected chi connectivity index (χ2v) is 10.7. The van der Waals surface area contributed by atoms with Crippen LogP contribution in [0.1, 0.15) is 23.8 Å². The fourth-order valence-electron chi connectivity index (χ4n) is 3.85. The maximum atomic E-state index is 14.1.